The predicted molar refractivity (Wildman–Crippen MR) is 68.7 cm³/mol. The van der Waals surface area contributed by atoms with Crippen LogP contribution in [0.3, 0.4) is 0 Å². The van der Waals surface area contributed by atoms with Crippen LogP contribution in [-0.4, -0.2) is 51.1 Å². The SMILES string of the molecule is CCOC(C)COC(=O)CCC(=O)OCC(C)OC. The van der Waals surface area contributed by atoms with Gasteiger partial charge in [-0.2, -0.15) is 0 Å². The molecule has 0 N–H and O–H groups in total. The van der Waals surface area contributed by atoms with Crippen LogP contribution < -0.4 is 0 Å². The molecule has 0 fully saturated rings. The van der Waals surface area contributed by atoms with Crippen molar-refractivity contribution in [2.45, 2.75) is 45.8 Å². The maximum absolute atomic E-state index is 11.3. The van der Waals surface area contributed by atoms with Crippen molar-refractivity contribution >= 4 is 11.9 Å². The van der Waals surface area contributed by atoms with E-state index in [1.807, 2.05) is 13.8 Å². The van der Waals surface area contributed by atoms with Crippen LogP contribution in [0.1, 0.15) is 33.6 Å². The highest BCUT2D eigenvalue weighted by atomic mass is 16.6. The van der Waals surface area contributed by atoms with Crippen LogP contribution in [0.25, 0.3) is 0 Å². The van der Waals surface area contributed by atoms with Gasteiger partial charge in [0.25, 0.3) is 0 Å². The fraction of sp³-hybridized carbons (Fsp3) is 0.846. The van der Waals surface area contributed by atoms with Crippen LogP contribution in [0.5, 0.6) is 0 Å². The molecule has 6 nitrogen and oxygen atoms in total. The van der Waals surface area contributed by atoms with Gasteiger partial charge < -0.3 is 18.9 Å². The molecule has 0 aliphatic heterocycles. The van der Waals surface area contributed by atoms with Gasteiger partial charge in [-0.25, -0.2) is 0 Å². The second-order valence-corrected chi connectivity index (χ2v) is 4.18. The van der Waals surface area contributed by atoms with E-state index in [2.05, 4.69) is 0 Å². The third kappa shape index (κ3) is 10.5. The van der Waals surface area contributed by atoms with Gasteiger partial charge in [0.05, 0.1) is 25.0 Å². The van der Waals surface area contributed by atoms with Crippen LogP contribution in [0.15, 0.2) is 0 Å². The average molecular weight is 276 g/mol. The molecule has 19 heavy (non-hydrogen) atoms. The van der Waals surface area contributed by atoms with Crippen LogP contribution in [0, 0.1) is 0 Å². The molecule has 0 saturated carbocycles. The van der Waals surface area contributed by atoms with Gasteiger partial charge in [0, 0.05) is 13.7 Å². The molecule has 0 aromatic heterocycles. The van der Waals surface area contributed by atoms with Gasteiger partial charge in [0.1, 0.15) is 13.2 Å². The first-order valence-electron chi connectivity index (χ1n) is 6.45. The highest BCUT2D eigenvalue weighted by Crippen LogP contribution is 2.00. The lowest BCUT2D eigenvalue weighted by atomic mass is 10.3. The molecule has 0 aromatic rings. The van der Waals surface area contributed by atoms with Gasteiger partial charge in [0.2, 0.25) is 0 Å². The van der Waals surface area contributed by atoms with Crippen molar-refractivity contribution in [1.29, 1.82) is 0 Å². The number of hydrogen-bond acceptors (Lipinski definition) is 6. The minimum atomic E-state index is -0.432. The Balaban J connectivity index is 3.64. The Morgan fingerprint density at radius 1 is 0.947 bits per heavy atom. The van der Waals surface area contributed by atoms with Crippen molar-refractivity contribution in [2.24, 2.45) is 0 Å². The van der Waals surface area contributed by atoms with Gasteiger partial charge in [-0.3, -0.25) is 9.59 Å². The Bertz CT molecular complexity index is 266. The van der Waals surface area contributed by atoms with Crippen molar-refractivity contribution in [3.8, 4) is 0 Å². The van der Waals surface area contributed by atoms with Crippen LogP contribution >= 0.6 is 0 Å². The van der Waals surface area contributed by atoms with E-state index < -0.39 is 11.9 Å². The van der Waals surface area contributed by atoms with Crippen LogP contribution in [0.2, 0.25) is 0 Å². The molecule has 0 bridgehead atoms. The highest BCUT2D eigenvalue weighted by Gasteiger charge is 2.12. The normalized spacial score (nSPS) is 13.7. The molecular weight excluding hydrogens is 252 g/mol. The van der Waals surface area contributed by atoms with Gasteiger partial charge >= 0.3 is 11.9 Å². The predicted octanol–water partition coefficient (Wildman–Crippen LogP) is 1.31. The van der Waals surface area contributed by atoms with Gasteiger partial charge in [0.15, 0.2) is 0 Å². The lowest BCUT2D eigenvalue weighted by molar-refractivity contribution is -0.153. The van der Waals surface area contributed by atoms with E-state index in [-0.39, 0.29) is 38.3 Å². The standard InChI is InChI=1S/C13H24O6/c1-5-17-11(3)9-19-13(15)7-6-12(14)18-8-10(2)16-4/h10-11H,5-9H2,1-4H3. The molecular formula is C13H24O6. The second kappa shape index (κ2) is 10.8. The van der Waals surface area contributed by atoms with E-state index >= 15 is 0 Å². The average Bonchev–Trinajstić information content (AvgIpc) is 2.40. The van der Waals surface area contributed by atoms with E-state index in [4.69, 9.17) is 18.9 Å². The topological polar surface area (TPSA) is 71.1 Å². The fourth-order valence-corrected chi connectivity index (χ4v) is 1.17. The van der Waals surface area contributed by atoms with Crippen molar-refractivity contribution < 1.29 is 28.5 Å². The summed E-state index contributed by atoms with van der Waals surface area (Å²) in [5, 5.41) is 0. The Labute approximate surface area is 114 Å². The number of ether oxygens (including phenoxy) is 4. The maximum Gasteiger partial charge on any atom is 0.306 e. The molecule has 0 amide bonds. The molecule has 0 rings (SSSR count). The lowest BCUT2D eigenvalue weighted by Gasteiger charge is -2.12. The summed E-state index contributed by atoms with van der Waals surface area (Å²) in [5.41, 5.74) is 0. The molecule has 112 valence electrons. The molecule has 0 aliphatic rings. The summed E-state index contributed by atoms with van der Waals surface area (Å²) in [6, 6.07) is 0. The first-order chi connectivity index (χ1) is 8.99. The molecule has 0 aromatic carbocycles. The van der Waals surface area contributed by atoms with E-state index in [1.165, 1.54) is 7.11 Å². The molecule has 0 heterocycles. The van der Waals surface area contributed by atoms with E-state index in [9.17, 15) is 9.59 Å². The first-order valence-corrected chi connectivity index (χ1v) is 6.45. The molecule has 0 aliphatic carbocycles. The number of carbonyl (C=O) groups excluding carboxylic acids is 2. The third-order valence-electron chi connectivity index (χ3n) is 2.34. The zero-order valence-electron chi connectivity index (χ0n) is 12.1. The molecule has 6 heteroatoms. The zero-order chi connectivity index (χ0) is 14.7. The highest BCUT2D eigenvalue weighted by molar-refractivity contribution is 5.77. The summed E-state index contributed by atoms with van der Waals surface area (Å²) in [7, 11) is 1.54. The molecule has 0 saturated heterocycles. The van der Waals surface area contributed by atoms with Gasteiger partial charge in [-0.1, -0.05) is 0 Å². The van der Waals surface area contributed by atoms with Gasteiger partial charge in [-0.05, 0) is 20.8 Å². The van der Waals surface area contributed by atoms with E-state index in [0.717, 1.165) is 0 Å². The van der Waals surface area contributed by atoms with Crippen molar-refractivity contribution in [1.82, 2.24) is 0 Å². The van der Waals surface area contributed by atoms with Crippen LogP contribution in [-0.2, 0) is 28.5 Å². The zero-order valence-corrected chi connectivity index (χ0v) is 12.1. The van der Waals surface area contributed by atoms with Crippen molar-refractivity contribution in [3.63, 3.8) is 0 Å². The summed E-state index contributed by atoms with van der Waals surface area (Å²) in [4.78, 5) is 22.6. The summed E-state index contributed by atoms with van der Waals surface area (Å²) in [5.74, 6) is -0.859. The third-order valence-corrected chi connectivity index (χ3v) is 2.34. The first kappa shape index (κ1) is 17.9. The Morgan fingerprint density at radius 2 is 1.42 bits per heavy atom. The quantitative estimate of drug-likeness (QED) is 0.560. The van der Waals surface area contributed by atoms with Crippen molar-refractivity contribution in [2.75, 3.05) is 26.9 Å². The number of esters is 2. The molecule has 0 spiro atoms. The monoisotopic (exact) mass is 276 g/mol. The fourth-order valence-electron chi connectivity index (χ4n) is 1.17. The Hall–Kier alpha value is -1.14. The Morgan fingerprint density at radius 3 is 1.84 bits per heavy atom. The van der Waals surface area contributed by atoms with Gasteiger partial charge in [-0.15, -0.1) is 0 Å². The number of methoxy groups -OCH3 is 1. The van der Waals surface area contributed by atoms with E-state index in [0.29, 0.717) is 6.61 Å². The maximum atomic E-state index is 11.3. The lowest BCUT2D eigenvalue weighted by Crippen LogP contribution is -2.20. The Kier molecular flexibility index (Phi) is 10.1. The van der Waals surface area contributed by atoms with Crippen LogP contribution in [0.4, 0.5) is 0 Å². The number of hydrogen-bond donors (Lipinski definition) is 0. The van der Waals surface area contributed by atoms with E-state index in [1.54, 1.807) is 6.92 Å². The number of carbonyl (C=O) groups is 2. The largest absolute Gasteiger partial charge is 0.463 e. The summed E-state index contributed by atoms with van der Waals surface area (Å²) >= 11 is 0. The minimum Gasteiger partial charge on any atom is -0.463 e. The summed E-state index contributed by atoms with van der Waals surface area (Å²) < 4.78 is 20.0. The minimum absolute atomic E-state index is 0.0122. The molecule has 2 atom stereocenters. The smallest absolute Gasteiger partial charge is 0.306 e. The summed E-state index contributed by atoms with van der Waals surface area (Å²) in [6.07, 6.45) is -0.261. The number of rotatable bonds is 10. The summed E-state index contributed by atoms with van der Waals surface area (Å²) in [6.45, 7) is 6.43. The second-order valence-electron chi connectivity index (χ2n) is 4.18. The molecule has 0 radical (unpaired) electrons. The van der Waals surface area contributed by atoms with Crippen molar-refractivity contribution in [3.05, 3.63) is 0 Å². The molecule has 2 unspecified atom stereocenters.